The van der Waals surface area contributed by atoms with E-state index in [4.69, 9.17) is 10.4 Å². The van der Waals surface area contributed by atoms with Crippen molar-refractivity contribution in [3.05, 3.63) is 35.4 Å². The summed E-state index contributed by atoms with van der Waals surface area (Å²) < 4.78 is 0. The Morgan fingerprint density at radius 1 is 1.22 bits per heavy atom. The average Bonchev–Trinajstić information content (AvgIpc) is 2.37. The zero-order chi connectivity index (χ0) is 13.7. The van der Waals surface area contributed by atoms with Crippen molar-refractivity contribution in [2.75, 3.05) is 0 Å². The van der Waals surface area contributed by atoms with E-state index in [2.05, 4.69) is 10.2 Å². The molecule has 0 fully saturated rings. The molecule has 1 aromatic carbocycles. The average molecular weight is 253 g/mol. The molecule has 0 bridgehead atoms. The van der Waals surface area contributed by atoms with Crippen LogP contribution in [0.5, 0.6) is 0 Å². The molecule has 96 valence electrons. The van der Waals surface area contributed by atoms with E-state index in [-0.39, 0.29) is 11.1 Å². The van der Waals surface area contributed by atoms with Gasteiger partial charge in [0.25, 0.3) is 5.91 Å². The number of carboxylic acid groups (broad SMARTS) is 1. The van der Waals surface area contributed by atoms with Gasteiger partial charge in [0.05, 0.1) is 11.1 Å². The highest BCUT2D eigenvalue weighted by atomic mass is 17.1. The van der Waals surface area contributed by atoms with Gasteiger partial charge in [0, 0.05) is 0 Å². The van der Waals surface area contributed by atoms with E-state index in [0.29, 0.717) is 0 Å². The van der Waals surface area contributed by atoms with Crippen molar-refractivity contribution in [3.8, 4) is 0 Å². The molecule has 0 saturated heterocycles. The van der Waals surface area contributed by atoms with E-state index in [0.717, 1.165) is 0 Å². The van der Waals surface area contributed by atoms with Crippen LogP contribution in [0, 0.1) is 0 Å². The maximum absolute atomic E-state index is 11.7. The van der Waals surface area contributed by atoms with Crippen LogP contribution in [0.1, 0.15) is 27.6 Å². The normalized spacial score (nSPS) is 11.4. The Morgan fingerprint density at radius 3 is 2.28 bits per heavy atom. The largest absolute Gasteiger partial charge is 0.478 e. The predicted octanol–water partition coefficient (Wildman–Crippen LogP) is 0.519. The molecule has 1 unspecified atom stereocenters. The van der Waals surface area contributed by atoms with E-state index >= 15 is 0 Å². The number of carbonyl (C=O) groups excluding carboxylic acids is 2. The molecule has 0 saturated carbocycles. The van der Waals surface area contributed by atoms with Gasteiger partial charge in [-0.15, -0.1) is 0 Å². The van der Waals surface area contributed by atoms with Crippen LogP contribution in [0.3, 0.4) is 0 Å². The van der Waals surface area contributed by atoms with Gasteiger partial charge in [-0.25, -0.2) is 9.59 Å². The van der Waals surface area contributed by atoms with Crippen LogP contribution in [-0.4, -0.2) is 34.3 Å². The smallest absolute Gasteiger partial charge is 0.363 e. The molecule has 1 atom stereocenters. The molecule has 1 amide bonds. The topological polar surface area (TPSA) is 113 Å². The van der Waals surface area contributed by atoms with Crippen LogP contribution in [0.25, 0.3) is 0 Å². The van der Waals surface area contributed by atoms with Crippen molar-refractivity contribution in [1.29, 1.82) is 0 Å². The first-order chi connectivity index (χ1) is 8.47. The van der Waals surface area contributed by atoms with Crippen LogP contribution in [0.2, 0.25) is 0 Å². The lowest BCUT2D eigenvalue weighted by atomic mass is 10.1. The minimum absolute atomic E-state index is 0.0809. The molecule has 0 spiro atoms. The van der Waals surface area contributed by atoms with E-state index in [1.807, 2.05) is 0 Å². The first-order valence-corrected chi connectivity index (χ1v) is 4.95. The van der Waals surface area contributed by atoms with Gasteiger partial charge in [-0.1, -0.05) is 12.1 Å². The molecule has 7 heteroatoms. The maximum atomic E-state index is 11.7. The second-order valence-electron chi connectivity index (χ2n) is 3.46. The highest BCUT2D eigenvalue weighted by molar-refractivity contribution is 6.05. The van der Waals surface area contributed by atoms with Crippen LogP contribution in [-0.2, 0) is 9.68 Å². The van der Waals surface area contributed by atoms with Crippen molar-refractivity contribution in [2.45, 2.75) is 13.0 Å². The third kappa shape index (κ3) is 3.05. The Kier molecular flexibility index (Phi) is 4.39. The molecule has 7 nitrogen and oxygen atoms in total. The molecular formula is C11H11NO6. The Labute approximate surface area is 102 Å². The molecule has 0 heterocycles. The number of carboxylic acids is 1. The molecule has 18 heavy (non-hydrogen) atoms. The molecule has 0 aromatic heterocycles. The number of aromatic carboxylic acids is 1. The molecule has 3 N–H and O–H groups in total. The summed E-state index contributed by atoms with van der Waals surface area (Å²) in [5, 5.41) is 19.2. The predicted molar refractivity (Wildman–Crippen MR) is 59.1 cm³/mol. The van der Waals surface area contributed by atoms with E-state index < -0.39 is 23.9 Å². The van der Waals surface area contributed by atoms with Crippen LogP contribution < -0.4 is 5.32 Å². The van der Waals surface area contributed by atoms with E-state index in [9.17, 15) is 14.4 Å². The molecule has 0 aliphatic carbocycles. The summed E-state index contributed by atoms with van der Waals surface area (Å²) in [6.07, 6.45) is 0. The number of amides is 1. The van der Waals surface area contributed by atoms with Gasteiger partial charge < -0.3 is 10.4 Å². The number of hydrogen-bond acceptors (Lipinski definition) is 5. The quantitative estimate of drug-likeness (QED) is 0.532. The fourth-order valence-corrected chi connectivity index (χ4v) is 1.28. The Balaban J connectivity index is 2.91. The van der Waals surface area contributed by atoms with Gasteiger partial charge in [0.15, 0.2) is 0 Å². The van der Waals surface area contributed by atoms with Gasteiger partial charge in [0.1, 0.15) is 6.04 Å². The Morgan fingerprint density at radius 2 is 1.78 bits per heavy atom. The molecule has 0 radical (unpaired) electrons. The monoisotopic (exact) mass is 253 g/mol. The number of benzene rings is 1. The van der Waals surface area contributed by atoms with Gasteiger partial charge in [-0.2, -0.15) is 5.26 Å². The highest BCUT2D eigenvalue weighted by Crippen LogP contribution is 2.09. The van der Waals surface area contributed by atoms with Crippen molar-refractivity contribution >= 4 is 17.8 Å². The minimum atomic E-state index is -1.25. The molecule has 0 aliphatic heterocycles. The van der Waals surface area contributed by atoms with Crippen LogP contribution in [0.4, 0.5) is 0 Å². The third-order valence-corrected chi connectivity index (χ3v) is 2.19. The van der Waals surface area contributed by atoms with Gasteiger partial charge >= 0.3 is 11.9 Å². The summed E-state index contributed by atoms with van der Waals surface area (Å²) in [5.41, 5.74) is -0.262. The summed E-state index contributed by atoms with van der Waals surface area (Å²) >= 11 is 0. The lowest BCUT2D eigenvalue weighted by Gasteiger charge is -2.11. The Hall–Kier alpha value is -2.41. The zero-order valence-corrected chi connectivity index (χ0v) is 9.41. The van der Waals surface area contributed by atoms with Crippen molar-refractivity contribution in [3.63, 3.8) is 0 Å². The lowest BCUT2D eigenvalue weighted by Crippen LogP contribution is -2.39. The van der Waals surface area contributed by atoms with Gasteiger partial charge in [-0.05, 0) is 19.1 Å². The second-order valence-corrected chi connectivity index (χ2v) is 3.46. The zero-order valence-electron chi connectivity index (χ0n) is 9.41. The molecular weight excluding hydrogens is 242 g/mol. The lowest BCUT2D eigenvalue weighted by molar-refractivity contribution is -0.235. The summed E-state index contributed by atoms with van der Waals surface area (Å²) in [7, 11) is 0. The van der Waals surface area contributed by atoms with E-state index in [1.165, 1.54) is 31.2 Å². The van der Waals surface area contributed by atoms with Crippen molar-refractivity contribution in [1.82, 2.24) is 5.32 Å². The summed E-state index contributed by atoms with van der Waals surface area (Å²) in [6, 6.07) is 4.47. The first-order valence-electron chi connectivity index (χ1n) is 4.95. The van der Waals surface area contributed by atoms with Gasteiger partial charge in [-0.3, -0.25) is 9.68 Å². The summed E-state index contributed by atoms with van der Waals surface area (Å²) in [6.45, 7) is 1.29. The fourth-order valence-electron chi connectivity index (χ4n) is 1.28. The standard InChI is InChI=1S/C11H11NO6/c1-6(11(16)18-17)12-9(13)7-4-2-3-5-8(7)10(14)15/h2-6,17H,1H3,(H,12,13)(H,14,15). The molecule has 0 aliphatic rings. The first kappa shape index (κ1) is 13.7. The minimum Gasteiger partial charge on any atom is -0.478 e. The Bertz CT molecular complexity index is 484. The molecule has 1 rings (SSSR count). The van der Waals surface area contributed by atoms with Crippen LogP contribution >= 0.6 is 0 Å². The molecule has 1 aromatic rings. The fraction of sp³-hybridized carbons (Fsp3) is 0.182. The highest BCUT2D eigenvalue weighted by Gasteiger charge is 2.21. The van der Waals surface area contributed by atoms with Gasteiger partial charge in [0.2, 0.25) is 0 Å². The third-order valence-electron chi connectivity index (χ3n) is 2.19. The number of hydrogen-bond donors (Lipinski definition) is 3. The summed E-state index contributed by atoms with van der Waals surface area (Å²) in [5.74, 6) is -3.04. The van der Waals surface area contributed by atoms with Crippen LogP contribution in [0.15, 0.2) is 24.3 Å². The number of rotatable bonds is 4. The second kappa shape index (κ2) is 5.78. The van der Waals surface area contributed by atoms with E-state index in [1.54, 1.807) is 0 Å². The number of carbonyl (C=O) groups is 3. The van der Waals surface area contributed by atoms with Crippen molar-refractivity contribution < 1.29 is 29.6 Å². The SMILES string of the molecule is CC(NC(=O)c1ccccc1C(=O)O)C(=O)OO. The maximum Gasteiger partial charge on any atom is 0.363 e. The number of nitrogens with one attached hydrogen (secondary N) is 1. The summed E-state index contributed by atoms with van der Waals surface area (Å²) in [4.78, 5) is 37.0. The van der Waals surface area contributed by atoms with Crippen molar-refractivity contribution in [2.24, 2.45) is 0 Å².